The van der Waals surface area contributed by atoms with Crippen molar-refractivity contribution in [3.63, 3.8) is 0 Å². The fourth-order valence-corrected chi connectivity index (χ4v) is 3.37. The van der Waals surface area contributed by atoms with Crippen LogP contribution in [0.2, 0.25) is 5.02 Å². The first kappa shape index (κ1) is 12.9. The van der Waals surface area contributed by atoms with Gasteiger partial charge in [-0.15, -0.1) is 0 Å². The number of halogens is 2. The number of rotatable bonds is 1. The Morgan fingerprint density at radius 3 is 2.90 bits per heavy atom. The van der Waals surface area contributed by atoms with Crippen LogP contribution in [0.25, 0.3) is 10.9 Å². The highest BCUT2D eigenvalue weighted by Gasteiger charge is 2.25. The van der Waals surface area contributed by atoms with Crippen LogP contribution in [0.15, 0.2) is 42.5 Å². The smallest absolute Gasteiger partial charge is 0.123 e. The number of hydrogen-bond acceptors (Lipinski definition) is 1. The third-order valence-corrected chi connectivity index (χ3v) is 4.33. The predicted molar refractivity (Wildman–Crippen MR) is 83.3 cm³/mol. The van der Waals surface area contributed by atoms with Crippen molar-refractivity contribution < 1.29 is 4.39 Å². The van der Waals surface area contributed by atoms with E-state index in [9.17, 15) is 4.39 Å². The Kier molecular flexibility index (Phi) is 2.98. The second-order valence-corrected chi connectivity index (χ2v) is 5.84. The highest BCUT2D eigenvalue weighted by Crippen LogP contribution is 2.34. The highest BCUT2D eigenvalue weighted by molar-refractivity contribution is 6.30. The number of fused-ring (bicyclic) bond motifs is 3. The van der Waals surface area contributed by atoms with Crippen LogP contribution in [-0.4, -0.2) is 11.5 Å². The molecule has 1 aliphatic rings. The molecule has 0 bridgehead atoms. The third-order valence-electron chi connectivity index (χ3n) is 4.10. The molecule has 2 N–H and O–H groups in total. The minimum Gasteiger partial charge on any atom is -0.357 e. The summed E-state index contributed by atoms with van der Waals surface area (Å²) in [5.41, 5.74) is 4.42. The molecule has 0 radical (unpaired) electrons. The second kappa shape index (κ2) is 4.86. The Morgan fingerprint density at radius 1 is 1.14 bits per heavy atom. The zero-order chi connectivity index (χ0) is 14.4. The molecule has 4 rings (SSSR count). The molecule has 1 unspecified atom stereocenters. The summed E-state index contributed by atoms with van der Waals surface area (Å²) in [6, 6.07) is 12.8. The lowest BCUT2D eigenvalue weighted by Crippen LogP contribution is -2.30. The van der Waals surface area contributed by atoms with E-state index in [0.29, 0.717) is 0 Å². The molecule has 4 heteroatoms. The molecular weight excluding hydrogens is 287 g/mol. The lowest BCUT2D eigenvalue weighted by Gasteiger charge is -2.25. The van der Waals surface area contributed by atoms with Gasteiger partial charge >= 0.3 is 0 Å². The van der Waals surface area contributed by atoms with Crippen molar-refractivity contribution in [3.05, 3.63) is 70.1 Å². The van der Waals surface area contributed by atoms with Crippen molar-refractivity contribution in [2.24, 2.45) is 0 Å². The van der Waals surface area contributed by atoms with Crippen LogP contribution < -0.4 is 5.32 Å². The van der Waals surface area contributed by atoms with Crippen LogP contribution in [0.3, 0.4) is 0 Å². The SMILES string of the molecule is Fc1ccc2[nH]c3c(c2c1)CCNC3c1cccc(Cl)c1. The summed E-state index contributed by atoms with van der Waals surface area (Å²) in [6.07, 6.45) is 0.899. The number of nitrogens with one attached hydrogen (secondary N) is 2. The lowest BCUT2D eigenvalue weighted by molar-refractivity contribution is 0.560. The van der Waals surface area contributed by atoms with Gasteiger partial charge in [-0.25, -0.2) is 4.39 Å². The van der Waals surface area contributed by atoms with Gasteiger partial charge in [-0.1, -0.05) is 23.7 Å². The number of benzene rings is 2. The van der Waals surface area contributed by atoms with E-state index in [-0.39, 0.29) is 11.9 Å². The van der Waals surface area contributed by atoms with E-state index in [1.54, 1.807) is 12.1 Å². The molecule has 21 heavy (non-hydrogen) atoms. The zero-order valence-electron chi connectivity index (χ0n) is 11.3. The normalized spacial score (nSPS) is 17.9. The van der Waals surface area contributed by atoms with Crippen molar-refractivity contribution in [2.75, 3.05) is 6.54 Å². The van der Waals surface area contributed by atoms with Crippen LogP contribution in [0.5, 0.6) is 0 Å². The molecule has 0 aliphatic carbocycles. The van der Waals surface area contributed by atoms with Gasteiger partial charge in [0.1, 0.15) is 5.82 Å². The highest BCUT2D eigenvalue weighted by atomic mass is 35.5. The maximum absolute atomic E-state index is 13.5. The van der Waals surface area contributed by atoms with Gasteiger partial charge in [0.15, 0.2) is 0 Å². The number of aromatic amines is 1. The summed E-state index contributed by atoms with van der Waals surface area (Å²) in [7, 11) is 0. The van der Waals surface area contributed by atoms with Crippen LogP contribution in [0, 0.1) is 5.82 Å². The first-order valence-electron chi connectivity index (χ1n) is 7.01. The molecule has 0 fully saturated rings. The van der Waals surface area contributed by atoms with E-state index in [4.69, 9.17) is 11.6 Å². The Balaban J connectivity index is 1.90. The summed E-state index contributed by atoms with van der Waals surface area (Å²) in [5.74, 6) is -0.192. The van der Waals surface area contributed by atoms with Crippen molar-refractivity contribution >= 4 is 22.5 Å². The molecule has 0 saturated heterocycles. The van der Waals surface area contributed by atoms with E-state index >= 15 is 0 Å². The molecule has 2 nitrogen and oxygen atoms in total. The van der Waals surface area contributed by atoms with E-state index in [1.165, 1.54) is 11.6 Å². The summed E-state index contributed by atoms with van der Waals surface area (Å²) in [6.45, 7) is 0.869. The molecule has 1 atom stereocenters. The molecule has 106 valence electrons. The van der Waals surface area contributed by atoms with Gasteiger partial charge in [-0.2, -0.15) is 0 Å². The topological polar surface area (TPSA) is 27.8 Å². The first-order valence-corrected chi connectivity index (χ1v) is 7.39. The molecular formula is C17H14ClFN2. The van der Waals surface area contributed by atoms with Crippen molar-refractivity contribution in [1.82, 2.24) is 10.3 Å². The van der Waals surface area contributed by atoms with Crippen molar-refractivity contribution in [1.29, 1.82) is 0 Å². The van der Waals surface area contributed by atoms with Crippen molar-refractivity contribution in [2.45, 2.75) is 12.5 Å². The summed E-state index contributed by atoms with van der Waals surface area (Å²) in [5, 5.41) is 5.22. The molecule has 2 aromatic carbocycles. The Hall–Kier alpha value is -1.84. The minimum absolute atomic E-state index is 0.0721. The van der Waals surface area contributed by atoms with Gasteiger partial charge in [0.2, 0.25) is 0 Å². The summed E-state index contributed by atoms with van der Waals surface area (Å²) < 4.78 is 13.5. The Bertz CT molecular complexity index is 825. The van der Waals surface area contributed by atoms with Crippen LogP contribution in [-0.2, 0) is 6.42 Å². The van der Waals surface area contributed by atoms with Gasteiger partial charge in [0, 0.05) is 28.2 Å². The average Bonchev–Trinajstić information content (AvgIpc) is 2.85. The number of aromatic nitrogens is 1. The summed E-state index contributed by atoms with van der Waals surface area (Å²) in [4.78, 5) is 3.44. The van der Waals surface area contributed by atoms with E-state index in [1.807, 2.05) is 18.2 Å². The summed E-state index contributed by atoms with van der Waals surface area (Å²) >= 11 is 6.10. The largest absolute Gasteiger partial charge is 0.357 e. The van der Waals surface area contributed by atoms with Crippen LogP contribution >= 0.6 is 11.6 Å². The molecule has 0 spiro atoms. The molecule has 2 heterocycles. The maximum Gasteiger partial charge on any atom is 0.123 e. The third kappa shape index (κ3) is 2.13. The monoisotopic (exact) mass is 300 g/mol. The molecule has 0 amide bonds. The fraction of sp³-hybridized carbons (Fsp3) is 0.176. The predicted octanol–water partition coefficient (Wildman–Crippen LogP) is 4.20. The maximum atomic E-state index is 13.5. The van der Waals surface area contributed by atoms with Crippen LogP contribution in [0.1, 0.15) is 22.9 Å². The van der Waals surface area contributed by atoms with Gasteiger partial charge in [0.25, 0.3) is 0 Å². The lowest BCUT2D eigenvalue weighted by atomic mass is 9.94. The van der Waals surface area contributed by atoms with Gasteiger partial charge < -0.3 is 10.3 Å². The van der Waals surface area contributed by atoms with Gasteiger partial charge in [-0.05, 0) is 47.9 Å². The average molecular weight is 301 g/mol. The van der Waals surface area contributed by atoms with Gasteiger partial charge in [-0.3, -0.25) is 0 Å². The van der Waals surface area contributed by atoms with E-state index in [2.05, 4.69) is 16.4 Å². The fourth-order valence-electron chi connectivity index (χ4n) is 3.17. The Morgan fingerprint density at radius 2 is 2.05 bits per heavy atom. The number of hydrogen-bond donors (Lipinski definition) is 2. The van der Waals surface area contributed by atoms with Crippen molar-refractivity contribution in [3.8, 4) is 0 Å². The van der Waals surface area contributed by atoms with E-state index in [0.717, 1.165) is 40.1 Å². The first-order chi connectivity index (χ1) is 10.2. The zero-order valence-corrected chi connectivity index (χ0v) is 12.0. The van der Waals surface area contributed by atoms with Crippen LogP contribution in [0.4, 0.5) is 4.39 Å². The quantitative estimate of drug-likeness (QED) is 0.693. The molecule has 1 aliphatic heterocycles. The second-order valence-electron chi connectivity index (χ2n) is 5.40. The van der Waals surface area contributed by atoms with Gasteiger partial charge in [0.05, 0.1) is 6.04 Å². The standard InChI is InChI=1S/C17H14ClFN2/c18-11-3-1-2-10(8-11)16-17-13(6-7-20-16)14-9-12(19)4-5-15(14)21-17/h1-5,8-9,16,20-21H,6-7H2. The molecule has 0 saturated carbocycles. The Labute approximate surface area is 126 Å². The minimum atomic E-state index is -0.192. The van der Waals surface area contributed by atoms with E-state index < -0.39 is 0 Å². The number of H-pyrrole nitrogens is 1. The molecule has 3 aromatic rings. The molecule has 1 aromatic heterocycles.